The molecule has 0 saturated heterocycles. The Kier molecular flexibility index (Phi) is 3.65. The van der Waals surface area contributed by atoms with E-state index < -0.39 is 4.92 Å². The Labute approximate surface area is 111 Å². The van der Waals surface area contributed by atoms with Crippen LogP contribution in [0.15, 0.2) is 12.1 Å². The van der Waals surface area contributed by atoms with Crippen LogP contribution in [0.25, 0.3) is 0 Å². The molecule has 0 spiro atoms. The Balaban J connectivity index is 2.19. The average molecular weight is 260 g/mol. The number of hydrogen-bond acceptors (Lipinski definition) is 5. The zero-order valence-corrected chi connectivity index (χ0v) is 11.0. The molecule has 19 heavy (non-hydrogen) atoms. The third-order valence-electron chi connectivity index (χ3n) is 3.98. The summed E-state index contributed by atoms with van der Waals surface area (Å²) >= 11 is 0. The molecule has 1 aliphatic rings. The van der Waals surface area contributed by atoms with Crippen LogP contribution in [-0.4, -0.2) is 15.9 Å². The fourth-order valence-electron chi connectivity index (χ4n) is 2.52. The molecule has 1 heterocycles. The summed E-state index contributed by atoms with van der Waals surface area (Å²) in [4.78, 5) is 14.2. The van der Waals surface area contributed by atoms with E-state index in [1.807, 2.05) is 0 Å². The maximum Gasteiger partial charge on any atom is 0.305 e. The molecule has 0 amide bonds. The quantitative estimate of drug-likeness (QED) is 0.666. The predicted octanol–water partition coefficient (Wildman–Crippen LogP) is 2.71. The number of nitriles is 1. The maximum absolute atomic E-state index is 10.7. The van der Waals surface area contributed by atoms with Gasteiger partial charge in [0.25, 0.3) is 0 Å². The largest absolute Gasteiger partial charge is 0.367 e. The number of rotatable bonds is 3. The molecule has 1 N–H and O–H groups in total. The maximum atomic E-state index is 10.7. The Morgan fingerprint density at radius 2 is 2.21 bits per heavy atom. The van der Waals surface area contributed by atoms with Gasteiger partial charge in [-0.05, 0) is 30.7 Å². The lowest BCUT2D eigenvalue weighted by Crippen LogP contribution is -2.24. The van der Waals surface area contributed by atoms with Gasteiger partial charge in [-0.25, -0.2) is 4.98 Å². The van der Waals surface area contributed by atoms with E-state index in [4.69, 9.17) is 5.26 Å². The second-order valence-electron chi connectivity index (χ2n) is 5.10. The summed E-state index contributed by atoms with van der Waals surface area (Å²) in [6.07, 6.45) is 2.22. The number of aromatic nitrogens is 1. The van der Waals surface area contributed by atoms with Crippen molar-refractivity contribution in [2.45, 2.75) is 32.7 Å². The molecule has 2 rings (SSSR count). The van der Waals surface area contributed by atoms with Crippen molar-refractivity contribution in [2.24, 2.45) is 11.8 Å². The SMILES string of the molecule is CC1CCC(Nc2ccc([N+](=O)[O-])c(C#N)n2)C1C. The molecule has 6 nitrogen and oxygen atoms in total. The van der Waals surface area contributed by atoms with Crippen LogP contribution < -0.4 is 5.32 Å². The summed E-state index contributed by atoms with van der Waals surface area (Å²) in [5.74, 6) is 1.72. The Bertz CT molecular complexity index is 538. The van der Waals surface area contributed by atoms with E-state index in [1.165, 1.54) is 6.07 Å². The summed E-state index contributed by atoms with van der Waals surface area (Å²) in [6.45, 7) is 4.41. The van der Waals surface area contributed by atoms with Crippen molar-refractivity contribution in [3.63, 3.8) is 0 Å². The van der Waals surface area contributed by atoms with Crippen molar-refractivity contribution in [1.29, 1.82) is 5.26 Å². The number of hydrogen-bond donors (Lipinski definition) is 1. The first-order valence-corrected chi connectivity index (χ1v) is 6.35. The van der Waals surface area contributed by atoms with E-state index in [1.54, 1.807) is 12.1 Å². The highest BCUT2D eigenvalue weighted by molar-refractivity contribution is 5.50. The van der Waals surface area contributed by atoms with Crippen molar-refractivity contribution >= 4 is 11.5 Å². The van der Waals surface area contributed by atoms with Gasteiger partial charge < -0.3 is 5.32 Å². The van der Waals surface area contributed by atoms with E-state index in [0.29, 0.717) is 23.7 Å². The smallest absolute Gasteiger partial charge is 0.305 e. The minimum absolute atomic E-state index is 0.145. The van der Waals surface area contributed by atoms with Crippen LogP contribution in [0.1, 0.15) is 32.4 Å². The van der Waals surface area contributed by atoms with Crippen molar-refractivity contribution in [2.75, 3.05) is 5.32 Å². The van der Waals surface area contributed by atoms with Gasteiger partial charge in [0.1, 0.15) is 11.9 Å². The Hall–Kier alpha value is -2.16. The number of nitrogens with zero attached hydrogens (tertiary/aromatic N) is 3. The Morgan fingerprint density at radius 3 is 2.74 bits per heavy atom. The van der Waals surface area contributed by atoms with Crippen molar-refractivity contribution < 1.29 is 4.92 Å². The molecule has 1 saturated carbocycles. The first-order chi connectivity index (χ1) is 9.02. The molecular weight excluding hydrogens is 244 g/mol. The second kappa shape index (κ2) is 5.22. The highest BCUT2D eigenvalue weighted by Crippen LogP contribution is 2.33. The minimum atomic E-state index is -0.588. The van der Waals surface area contributed by atoms with E-state index in [-0.39, 0.29) is 11.4 Å². The second-order valence-corrected chi connectivity index (χ2v) is 5.10. The predicted molar refractivity (Wildman–Crippen MR) is 70.6 cm³/mol. The third kappa shape index (κ3) is 2.65. The zero-order chi connectivity index (χ0) is 14.0. The van der Waals surface area contributed by atoms with E-state index in [0.717, 1.165) is 12.8 Å². The summed E-state index contributed by atoms with van der Waals surface area (Å²) in [5, 5.41) is 22.9. The molecule has 1 aromatic rings. The van der Waals surface area contributed by atoms with Gasteiger partial charge in [-0.15, -0.1) is 0 Å². The van der Waals surface area contributed by atoms with Crippen LogP contribution in [0.2, 0.25) is 0 Å². The minimum Gasteiger partial charge on any atom is -0.367 e. The molecule has 3 atom stereocenters. The number of anilines is 1. The molecule has 3 unspecified atom stereocenters. The molecule has 6 heteroatoms. The van der Waals surface area contributed by atoms with Crippen molar-refractivity contribution in [3.8, 4) is 6.07 Å². The van der Waals surface area contributed by atoms with Crippen LogP contribution >= 0.6 is 0 Å². The molecule has 0 radical (unpaired) electrons. The van der Waals surface area contributed by atoms with Crippen LogP contribution in [-0.2, 0) is 0 Å². The fraction of sp³-hybridized carbons (Fsp3) is 0.538. The van der Waals surface area contributed by atoms with E-state index in [9.17, 15) is 10.1 Å². The van der Waals surface area contributed by atoms with Gasteiger partial charge in [0.2, 0.25) is 5.69 Å². The van der Waals surface area contributed by atoms with Gasteiger partial charge in [-0.2, -0.15) is 5.26 Å². The molecular formula is C13H16N4O2. The van der Waals surface area contributed by atoms with Crippen LogP contribution in [0.4, 0.5) is 11.5 Å². The molecule has 0 aromatic carbocycles. The van der Waals surface area contributed by atoms with Gasteiger partial charge in [0.15, 0.2) is 0 Å². The summed E-state index contributed by atoms with van der Waals surface area (Å²) in [6, 6.07) is 4.98. The monoisotopic (exact) mass is 260 g/mol. The molecule has 0 aliphatic heterocycles. The van der Waals surface area contributed by atoms with Crippen molar-refractivity contribution in [3.05, 3.63) is 27.9 Å². The summed E-state index contributed by atoms with van der Waals surface area (Å²) < 4.78 is 0. The van der Waals surface area contributed by atoms with Gasteiger partial charge in [0.05, 0.1) is 4.92 Å². The first-order valence-electron chi connectivity index (χ1n) is 6.35. The highest BCUT2D eigenvalue weighted by Gasteiger charge is 2.30. The number of pyridine rings is 1. The summed E-state index contributed by atoms with van der Waals surface area (Å²) in [5.41, 5.74) is -0.394. The lowest BCUT2D eigenvalue weighted by molar-refractivity contribution is -0.385. The lowest BCUT2D eigenvalue weighted by Gasteiger charge is -2.20. The average Bonchev–Trinajstić information content (AvgIpc) is 2.70. The third-order valence-corrected chi connectivity index (χ3v) is 3.98. The number of nitro groups is 1. The standard InChI is InChI=1S/C13H16N4O2/c1-8-3-4-10(9(8)2)15-13-6-5-12(17(18)19)11(7-14)16-13/h5-6,8-10H,3-4H2,1-2H3,(H,15,16). The fourth-order valence-corrected chi connectivity index (χ4v) is 2.52. The molecule has 1 aromatic heterocycles. The number of nitrogens with one attached hydrogen (secondary N) is 1. The molecule has 1 fully saturated rings. The first kappa shape index (κ1) is 13.3. The summed E-state index contributed by atoms with van der Waals surface area (Å²) in [7, 11) is 0. The van der Waals surface area contributed by atoms with E-state index >= 15 is 0 Å². The Morgan fingerprint density at radius 1 is 1.47 bits per heavy atom. The highest BCUT2D eigenvalue weighted by atomic mass is 16.6. The van der Waals surface area contributed by atoms with Crippen LogP contribution in [0.3, 0.4) is 0 Å². The normalized spacial score (nSPS) is 25.8. The topological polar surface area (TPSA) is 91.9 Å². The zero-order valence-electron chi connectivity index (χ0n) is 11.0. The van der Waals surface area contributed by atoms with E-state index in [2.05, 4.69) is 24.1 Å². The molecule has 1 aliphatic carbocycles. The van der Waals surface area contributed by atoms with Crippen LogP contribution in [0.5, 0.6) is 0 Å². The molecule has 100 valence electrons. The lowest BCUT2D eigenvalue weighted by atomic mass is 9.98. The van der Waals surface area contributed by atoms with Gasteiger partial charge in [-0.1, -0.05) is 13.8 Å². The van der Waals surface area contributed by atoms with Gasteiger partial charge in [0, 0.05) is 12.1 Å². The van der Waals surface area contributed by atoms with Crippen LogP contribution in [0, 0.1) is 33.3 Å². The molecule has 0 bridgehead atoms. The van der Waals surface area contributed by atoms with Gasteiger partial charge in [-0.3, -0.25) is 10.1 Å². The van der Waals surface area contributed by atoms with Gasteiger partial charge >= 0.3 is 5.69 Å². The van der Waals surface area contributed by atoms with Crippen molar-refractivity contribution in [1.82, 2.24) is 4.98 Å².